The van der Waals surface area contributed by atoms with E-state index < -0.39 is 5.82 Å². The van der Waals surface area contributed by atoms with E-state index in [0.717, 1.165) is 17.5 Å². The zero-order valence-electron chi connectivity index (χ0n) is 16.2. The fourth-order valence-corrected chi connectivity index (χ4v) is 4.51. The molecule has 0 unspecified atom stereocenters. The van der Waals surface area contributed by atoms with Gasteiger partial charge in [-0.2, -0.15) is 5.10 Å². The minimum atomic E-state index is -0.599. The van der Waals surface area contributed by atoms with E-state index in [0.29, 0.717) is 25.8 Å². The highest BCUT2D eigenvalue weighted by Crippen LogP contribution is 2.67. The lowest BCUT2D eigenvalue weighted by Gasteiger charge is -2.69. The second kappa shape index (κ2) is 7.02. The minimum absolute atomic E-state index is 0.00206. The number of carbonyl (C=O) groups excluding carboxylic acids is 2. The molecule has 0 saturated heterocycles. The molecule has 7 nitrogen and oxygen atoms in total. The van der Waals surface area contributed by atoms with Crippen molar-refractivity contribution in [3.05, 3.63) is 46.5 Å². The van der Waals surface area contributed by atoms with E-state index in [2.05, 4.69) is 15.7 Å². The molecule has 3 aliphatic carbocycles. The molecule has 0 atom stereocenters. The molecule has 2 bridgehead atoms. The predicted molar refractivity (Wildman–Crippen MR) is 104 cm³/mol. The van der Waals surface area contributed by atoms with Gasteiger partial charge in [-0.05, 0) is 44.4 Å². The van der Waals surface area contributed by atoms with Crippen molar-refractivity contribution in [2.45, 2.75) is 38.3 Å². The Morgan fingerprint density at radius 1 is 1.31 bits per heavy atom. The number of carbonyl (C=O) groups is 2. The average Bonchev–Trinajstić information content (AvgIpc) is 2.93. The number of benzene rings is 1. The van der Waals surface area contributed by atoms with Crippen LogP contribution in [-0.2, 0) is 23.2 Å². The number of hydrogen-bond acceptors (Lipinski definition) is 4. The summed E-state index contributed by atoms with van der Waals surface area (Å²) in [6.45, 7) is 2.12. The van der Waals surface area contributed by atoms with E-state index >= 15 is 0 Å². The van der Waals surface area contributed by atoms with Gasteiger partial charge in [0, 0.05) is 18.7 Å². The molecule has 1 aromatic heterocycles. The summed E-state index contributed by atoms with van der Waals surface area (Å²) in [7, 11) is 1.85. The van der Waals surface area contributed by atoms with Crippen LogP contribution in [0.25, 0.3) is 0 Å². The summed E-state index contributed by atoms with van der Waals surface area (Å²) in [6.07, 6.45) is 1.87. The summed E-state index contributed by atoms with van der Waals surface area (Å²) in [4.78, 5) is 24.7. The highest BCUT2D eigenvalue weighted by molar-refractivity contribution is 6.30. The summed E-state index contributed by atoms with van der Waals surface area (Å²) in [5.74, 6) is -0.640. The van der Waals surface area contributed by atoms with Crippen LogP contribution >= 0.6 is 11.6 Å². The number of halogens is 2. The maximum Gasteiger partial charge on any atom is 0.258 e. The molecule has 1 heterocycles. The third-order valence-electron chi connectivity index (χ3n) is 5.71. The molecule has 3 saturated carbocycles. The van der Waals surface area contributed by atoms with Crippen molar-refractivity contribution in [1.29, 1.82) is 0 Å². The third-order valence-corrected chi connectivity index (χ3v) is 6.01. The number of amides is 2. The van der Waals surface area contributed by atoms with Crippen LogP contribution in [0, 0.1) is 18.2 Å². The van der Waals surface area contributed by atoms with E-state index in [1.807, 2.05) is 20.0 Å². The van der Waals surface area contributed by atoms with Crippen LogP contribution in [0.3, 0.4) is 0 Å². The number of aromatic nitrogens is 2. The smallest absolute Gasteiger partial charge is 0.258 e. The summed E-state index contributed by atoms with van der Waals surface area (Å²) >= 11 is 5.62. The first-order chi connectivity index (χ1) is 13.7. The number of hydrogen-bond donors (Lipinski definition) is 2. The van der Waals surface area contributed by atoms with Gasteiger partial charge in [0.15, 0.2) is 6.61 Å². The Morgan fingerprint density at radius 3 is 2.66 bits per heavy atom. The Bertz CT molecular complexity index is 970. The monoisotopic (exact) mass is 420 g/mol. The number of ether oxygens (including phenoxy) is 1. The first-order valence-electron chi connectivity index (χ1n) is 9.37. The van der Waals surface area contributed by atoms with Gasteiger partial charge in [0.05, 0.1) is 28.4 Å². The van der Waals surface area contributed by atoms with E-state index in [4.69, 9.17) is 16.3 Å². The van der Waals surface area contributed by atoms with Crippen LogP contribution in [-0.4, -0.2) is 33.7 Å². The van der Waals surface area contributed by atoms with Crippen LogP contribution < -0.4 is 15.4 Å². The molecule has 5 rings (SSSR count). The summed E-state index contributed by atoms with van der Waals surface area (Å²) in [5, 5.41) is 10.2. The third kappa shape index (κ3) is 3.69. The van der Waals surface area contributed by atoms with Gasteiger partial charge >= 0.3 is 0 Å². The van der Waals surface area contributed by atoms with Gasteiger partial charge < -0.3 is 15.4 Å². The lowest BCUT2D eigenvalue weighted by Crippen LogP contribution is -2.78. The number of nitrogens with one attached hydrogen (secondary N) is 2. The Labute approximate surface area is 172 Å². The van der Waals surface area contributed by atoms with Gasteiger partial charge in [-0.25, -0.2) is 4.39 Å². The van der Waals surface area contributed by atoms with Crippen molar-refractivity contribution in [1.82, 2.24) is 20.4 Å². The number of aryl methyl sites for hydroxylation is 2. The molecule has 154 valence electrons. The maximum atomic E-state index is 13.4. The molecular weight excluding hydrogens is 399 g/mol. The van der Waals surface area contributed by atoms with Gasteiger partial charge in [0.25, 0.3) is 5.91 Å². The molecule has 2 amide bonds. The highest BCUT2D eigenvalue weighted by atomic mass is 35.5. The second-order valence-electron chi connectivity index (χ2n) is 8.09. The van der Waals surface area contributed by atoms with Crippen molar-refractivity contribution >= 4 is 23.4 Å². The summed E-state index contributed by atoms with van der Waals surface area (Å²) < 4.78 is 20.5. The van der Waals surface area contributed by atoms with Crippen molar-refractivity contribution in [2.24, 2.45) is 12.5 Å². The Balaban J connectivity index is 1.22. The molecule has 0 aliphatic heterocycles. The highest BCUT2D eigenvalue weighted by Gasteiger charge is 2.72. The quantitative estimate of drug-likeness (QED) is 0.719. The van der Waals surface area contributed by atoms with E-state index in [9.17, 15) is 14.0 Å². The van der Waals surface area contributed by atoms with Crippen LogP contribution in [0.2, 0.25) is 5.02 Å². The molecule has 0 spiro atoms. The number of rotatable bonds is 7. The molecule has 2 N–H and O–H groups in total. The van der Waals surface area contributed by atoms with E-state index in [1.165, 1.54) is 12.1 Å². The standard InChI is InChI=1S/C20H22ClFN4O3/c1-12-5-13(26(2)25-12)7-23-18(28)19-9-20(10-19,11-19)24-17(27)8-29-14-3-4-15(21)16(22)6-14/h3-6H,7-11H2,1-2H3,(H,23,28)(H,24,27). The van der Waals surface area contributed by atoms with Gasteiger partial charge in [-0.1, -0.05) is 11.6 Å². The van der Waals surface area contributed by atoms with Crippen molar-refractivity contribution in [2.75, 3.05) is 6.61 Å². The molecule has 1 aromatic carbocycles. The van der Waals surface area contributed by atoms with Crippen molar-refractivity contribution < 1.29 is 18.7 Å². The van der Waals surface area contributed by atoms with Gasteiger partial charge in [0.1, 0.15) is 11.6 Å². The number of nitrogens with zero attached hydrogens (tertiary/aromatic N) is 2. The van der Waals surface area contributed by atoms with Gasteiger partial charge in [-0.15, -0.1) is 0 Å². The lowest BCUT2D eigenvalue weighted by molar-refractivity contribution is -0.184. The van der Waals surface area contributed by atoms with Crippen molar-refractivity contribution in [3.63, 3.8) is 0 Å². The SMILES string of the molecule is Cc1cc(CNC(=O)C23CC(NC(=O)COc4ccc(Cl)c(F)c4)(C2)C3)n(C)n1. The van der Waals surface area contributed by atoms with Crippen molar-refractivity contribution in [3.8, 4) is 5.75 Å². The van der Waals surface area contributed by atoms with Crippen LogP contribution in [0.15, 0.2) is 24.3 Å². The predicted octanol–water partition coefficient (Wildman–Crippen LogP) is 2.26. The largest absolute Gasteiger partial charge is 0.484 e. The minimum Gasteiger partial charge on any atom is -0.484 e. The molecular formula is C20H22ClFN4O3. The maximum absolute atomic E-state index is 13.4. The van der Waals surface area contributed by atoms with Crippen LogP contribution in [0.4, 0.5) is 4.39 Å². The lowest BCUT2D eigenvalue weighted by atomic mass is 9.39. The zero-order chi connectivity index (χ0) is 20.8. The molecule has 2 aromatic rings. The summed E-state index contributed by atoms with van der Waals surface area (Å²) in [5.41, 5.74) is 1.14. The average molecular weight is 421 g/mol. The first kappa shape index (κ1) is 19.7. The topological polar surface area (TPSA) is 85.3 Å². The Morgan fingerprint density at radius 2 is 2.03 bits per heavy atom. The summed E-state index contributed by atoms with van der Waals surface area (Å²) in [6, 6.07) is 5.96. The van der Waals surface area contributed by atoms with Gasteiger partial charge in [0.2, 0.25) is 5.91 Å². The Kier molecular flexibility index (Phi) is 4.77. The normalized spacial score (nSPS) is 24.3. The second-order valence-corrected chi connectivity index (χ2v) is 8.49. The zero-order valence-corrected chi connectivity index (χ0v) is 17.0. The molecule has 3 aliphatic rings. The molecule has 29 heavy (non-hydrogen) atoms. The van der Waals surface area contributed by atoms with Crippen LogP contribution in [0.1, 0.15) is 30.7 Å². The fourth-order valence-electron chi connectivity index (χ4n) is 4.40. The fraction of sp³-hybridized carbons (Fsp3) is 0.450. The van der Waals surface area contributed by atoms with Crippen LogP contribution in [0.5, 0.6) is 5.75 Å². The molecule has 0 radical (unpaired) electrons. The Hall–Kier alpha value is -2.61. The van der Waals surface area contributed by atoms with Gasteiger partial charge in [-0.3, -0.25) is 14.3 Å². The molecule has 3 fully saturated rings. The first-order valence-corrected chi connectivity index (χ1v) is 9.75. The van der Waals surface area contributed by atoms with E-state index in [-0.39, 0.29) is 40.1 Å². The molecule has 9 heteroatoms. The van der Waals surface area contributed by atoms with E-state index in [1.54, 1.807) is 4.68 Å².